The van der Waals surface area contributed by atoms with Crippen LogP contribution in [0.4, 0.5) is 0 Å². The molecule has 1 fully saturated rings. The van der Waals surface area contributed by atoms with Gasteiger partial charge in [-0.25, -0.2) is 0 Å². The molecule has 1 rings (SSSR count). The standard InChI is InChI=1S/C12H18/c1-3-5-8-12-10-6-9-11(12)7-4-2/h4,7-8H,2-3,5-6,9-10H2,1H3/b11-7+,12-8+. The van der Waals surface area contributed by atoms with Crippen molar-refractivity contribution in [2.45, 2.75) is 39.0 Å². The molecule has 1 saturated carbocycles. The van der Waals surface area contributed by atoms with Crippen LogP contribution < -0.4 is 0 Å². The van der Waals surface area contributed by atoms with Crippen molar-refractivity contribution in [3.8, 4) is 0 Å². The van der Waals surface area contributed by atoms with Gasteiger partial charge in [0, 0.05) is 0 Å². The summed E-state index contributed by atoms with van der Waals surface area (Å²) in [6.45, 7) is 5.96. The molecule has 0 heteroatoms. The Morgan fingerprint density at radius 1 is 1.33 bits per heavy atom. The zero-order valence-electron chi connectivity index (χ0n) is 7.97. The zero-order chi connectivity index (χ0) is 8.81. The largest absolute Gasteiger partial charge is 0.0991 e. The molecule has 0 aliphatic heterocycles. The second-order valence-electron chi connectivity index (χ2n) is 3.30. The van der Waals surface area contributed by atoms with Crippen molar-refractivity contribution >= 4 is 0 Å². The Labute approximate surface area is 75.7 Å². The van der Waals surface area contributed by atoms with Crippen LogP contribution in [-0.4, -0.2) is 0 Å². The van der Waals surface area contributed by atoms with E-state index >= 15 is 0 Å². The van der Waals surface area contributed by atoms with Crippen molar-refractivity contribution in [1.29, 1.82) is 0 Å². The molecule has 0 nitrogen and oxygen atoms in total. The molecular formula is C12H18. The fourth-order valence-corrected chi connectivity index (χ4v) is 1.67. The molecule has 0 unspecified atom stereocenters. The summed E-state index contributed by atoms with van der Waals surface area (Å²) in [6.07, 6.45) is 12.8. The van der Waals surface area contributed by atoms with E-state index in [2.05, 4.69) is 25.7 Å². The first kappa shape index (κ1) is 9.31. The van der Waals surface area contributed by atoms with Crippen molar-refractivity contribution in [2.24, 2.45) is 0 Å². The average molecular weight is 162 g/mol. The molecule has 0 bridgehead atoms. The Bertz CT molecular complexity index is 206. The average Bonchev–Trinajstić information content (AvgIpc) is 2.50. The fourth-order valence-electron chi connectivity index (χ4n) is 1.67. The third-order valence-electron chi connectivity index (χ3n) is 2.30. The SMILES string of the molecule is C=C/C=C1\CCC\C1=C/CCC. The van der Waals surface area contributed by atoms with Crippen LogP contribution in [0.15, 0.2) is 36.0 Å². The lowest BCUT2D eigenvalue weighted by Gasteiger charge is -1.98. The molecule has 0 saturated heterocycles. The van der Waals surface area contributed by atoms with Crippen LogP contribution in [-0.2, 0) is 0 Å². The highest BCUT2D eigenvalue weighted by atomic mass is 14.2. The molecule has 1 aliphatic rings. The number of unbranched alkanes of at least 4 members (excludes halogenated alkanes) is 1. The summed E-state index contributed by atoms with van der Waals surface area (Å²) in [4.78, 5) is 0. The van der Waals surface area contributed by atoms with Crippen LogP contribution in [0, 0.1) is 0 Å². The van der Waals surface area contributed by atoms with Gasteiger partial charge in [0.15, 0.2) is 0 Å². The molecule has 0 spiro atoms. The van der Waals surface area contributed by atoms with Gasteiger partial charge in [-0.15, -0.1) is 0 Å². The lowest BCUT2D eigenvalue weighted by atomic mass is 10.1. The zero-order valence-corrected chi connectivity index (χ0v) is 7.97. The second kappa shape index (κ2) is 4.97. The number of hydrogen-bond acceptors (Lipinski definition) is 0. The van der Waals surface area contributed by atoms with E-state index in [1.807, 2.05) is 6.08 Å². The van der Waals surface area contributed by atoms with Gasteiger partial charge in [0.05, 0.1) is 0 Å². The van der Waals surface area contributed by atoms with Crippen molar-refractivity contribution in [3.05, 3.63) is 36.0 Å². The first-order chi connectivity index (χ1) is 5.88. The predicted octanol–water partition coefficient (Wildman–Crippen LogP) is 4.01. The molecule has 0 aromatic carbocycles. The van der Waals surface area contributed by atoms with Crippen LogP contribution >= 0.6 is 0 Å². The highest BCUT2D eigenvalue weighted by Gasteiger charge is 2.11. The van der Waals surface area contributed by atoms with Crippen molar-refractivity contribution in [3.63, 3.8) is 0 Å². The monoisotopic (exact) mass is 162 g/mol. The van der Waals surface area contributed by atoms with E-state index in [1.54, 1.807) is 5.57 Å². The molecule has 0 atom stereocenters. The van der Waals surface area contributed by atoms with Gasteiger partial charge >= 0.3 is 0 Å². The Balaban J connectivity index is 2.63. The topological polar surface area (TPSA) is 0 Å². The maximum atomic E-state index is 3.74. The summed E-state index contributed by atoms with van der Waals surface area (Å²) in [5, 5.41) is 0. The van der Waals surface area contributed by atoms with Crippen molar-refractivity contribution in [2.75, 3.05) is 0 Å². The van der Waals surface area contributed by atoms with Gasteiger partial charge in [-0.05, 0) is 36.8 Å². The molecule has 0 heterocycles. The van der Waals surface area contributed by atoms with Crippen LogP contribution in [0.2, 0.25) is 0 Å². The molecule has 0 aromatic heterocycles. The maximum Gasteiger partial charge on any atom is -0.0273 e. The number of rotatable bonds is 3. The van der Waals surface area contributed by atoms with E-state index in [4.69, 9.17) is 0 Å². The van der Waals surface area contributed by atoms with Gasteiger partial charge < -0.3 is 0 Å². The molecule has 12 heavy (non-hydrogen) atoms. The van der Waals surface area contributed by atoms with E-state index in [0.717, 1.165) is 0 Å². The summed E-state index contributed by atoms with van der Waals surface area (Å²) < 4.78 is 0. The smallest absolute Gasteiger partial charge is 0.0273 e. The Hall–Kier alpha value is -0.780. The van der Waals surface area contributed by atoms with Gasteiger partial charge in [-0.3, -0.25) is 0 Å². The molecule has 0 N–H and O–H groups in total. The van der Waals surface area contributed by atoms with Crippen LogP contribution in [0.25, 0.3) is 0 Å². The first-order valence-corrected chi connectivity index (χ1v) is 4.89. The van der Waals surface area contributed by atoms with Gasteiger partial charge in [0.1, 0.15) is 0 Å². The summed E-state index contributed by atoms with van der Waals surface area (Å²) in [5.74, 6) is 0. The molecule has 66 valence electrons. The second-order valence-corrected chi connectivity index (χ2v) is 3.30. The normalized spacial score (nSPS) is 23.8. The molecule has 0 aromatic rings. The minimum Gasteiger partial charge on any atom is -0.0991 e. The Morgan fingerprint density at radius 3 is 2.75 bits per heavy atom. The lowest BCUT2D eigenvalue weighted by Crippen LogP contribution is -1.78. The molecule has 0 amide bonds. The summed E-state index contributed by atoms with van der Waals surface area (Å²) in [7, 11) is 0. The Morgan fingerprint density at radius 2 is 2.08 bits per heavy atom. The molecule has 1 aliphatic carbocycles. The highest BCUT2D eigenvalue weighted by molar-refractivity contribution is 5.36. The number of allylic oxidation sites excluding steroid dienone is 5. The third kappa shape index (κ3) is 2.37. The first-order valence-electron chi connectivity index (χ1n) is 4.89. The van der Waals surface area contributed by atoms with E-state index < -0.39 is 0 Å². The van der Waals surface area contributed by atoms with Crippen LogP contribution in [0.1, 0.15) is 39.0 Å². The fraction of sp³-hybridized carbons (Fsp3) is 0.500. The van der Waals surface area contributed by atoms with Gasteiger partial charge in [0.25, 0.3) is 0 Å². The van der Waals surface area contributed by atoms with Gasteiger partial charge in [0.2, 0.25) is 0 Å². The lowest BCUT2D eigenvalue weighted by molar-refractivity contribution is 0.917. The summed E-state index contributed by atoms with van der Waals surface area (Å²) in [6, 6.07) is 0. The van der Waals surface area contributed by atoms with E-state index in [1.165, 1.54) is 37.7 Å². The maximum absolute atomic E-state index is 3.74. The van der Waals surface area contributed by atoms with Gasteiger partial charge in [-0.1, -0.05) is 38.2 Å². The Kier molecular flexibility index (Phi) is 3.86. The quantitative estimate of drug-likeness (QED) is 0.588. The highest BCUT2D eigenvalue weighted by Crippen LogP contribution is 2.30. The van der Waals surface area contributed by atoms with Gasteiger partial charge in [-0.2, -0.15) is 0 Å². The van der Waals surface area contributed by atoms with Crippen molar-refractivity contribution < 1.29 is 0 Å². The third-order valence-corrected chi connectivity index (χ3v) is 2.30. The summed E-state index contributed by atoms with van der Waals surface area (Å²) >= 11 is 0. The van der Waals surface area contributed by atoms with Crippen LogP contribution in [0.3, 0.4) is 0 Å². The number of hydrogen-bond donors (Lipinski definition) is 0. The molecular weight excluding hydrogens is 144 g/mol. The summed E-state index contributed by atoms with van der Waals surface area (Å²) in [5.41, 5.74) is 3.08. The van der Waals surface area contributed by atoms with Crippen LogP contribution in [0.5, 0.6) is 0 Å². The molecule has 0 radical (unpaired) electrons. The van der Waals surface area contributed by atoms with E-state index in [-0.39, 0.29) is 0 Å². The minimum absolute atomic E-state index is 1.23. The van der Waals surface area contributed by atoms with Crippen molar-refractivity contribution in [1.82, 2.24) is 0 Å². The van der Waals surface area contributed by atoms with E-state index in [0.29, 0.717) is 0 Å². The minimum atomic E-state index is 1.23. The van der Waals surface area contributed by atoms with E-state index in [9.17, 15) is 0 Å². The predicted molar refractivity (Wildman–Crippen MR) is 55.1 cm³/mol.